The Hall–Kier alpha value is -6.08. The highest BCUT2D eigenvalue weighted by atomic mass is 32.1. The van der Waals surface area contributed by atoms with E-state index in [1.54, 1.807) is 22.7 Å². The van der Waals surface area contributed by atoms with Crippen LogP contribution in [-0.4, -0.2) is 19.9 Å². The molecule has 10 rings (SSSR count). The largest absolute Gasteiger partial charge is 0.235 e. The Balaban J connectivity index is 1.30. The van der Waals surface area contributed by atoms with Crippen LogP contribution in [-0.2, 0) is 0 Å². The molecule has 4 nitrogen and oxygen atoms in total. The highest BCUT2D eigenvalue weighted by Gasteiger charge is 2.23. The number of thiazole rings is 1. The predicted octanol–water partition coefficient (Wildman–Crippen LogP) is 12.3. The average Bonchev–Trinajstić information content (AvgIpc) is 3.79. The van der Waals surface area contributed by atoms with Crippen LogP contribution < -0.4 is 0 Å². The van der Waals surface area contributed by atoms with Crippen molar-refractivity contribution in [2.24, 2.45) is 0 Å². The molecule has 0 N–H and O–H groups in total. The van der Waals surface area contributed by atoms with Gasteiger partial charge in [0.05, 0.1) is 15.8 Å². The van der Waals surface area contributed by atoms with Gasteiger partial charge in [0.25, 0.3) is 0 Å². The van der Waals surface area contributed by atoms with E-state index in [2.05, 4.69) is 133 Å². The Labute approximate surface area is 296 Å². The van der Waals surface area contributed by atoms with Crippen LogP contribution in [0.1, 0.15) is 0 Å². The summed E-state index contributed by atoms with van der Waals surface area (Å²) in [7, 11) is 0. The van der Waals surface area contributed by atoms with Crippen molar-refractivity contribution in [1.29, 1.82) is 0 Å². The number of fused-ring (bicyclic) bond motifs is 5. The number of hydrogen-bond acceptors (Lipinski definition) is 6. The Morgan fingerprint density at radius 2 is 0.980 bits per heavy atom. The van der Waals surface area contributed by atoms with Gasteiger partial charge < -0.3 is 0 Å². The summed E-state index contributed by atoms with van der Waals surface area (Å²) in [5, 5.41) is 5.60. The molecule has 0 saturated carbocycles. The van der Waals surface area contributed by atoms with E-state index in [0.29, 0.717) is 17.5 Å². The lowest BCUT2D eigenvalue weighted by molar-refractivity contribution is 1.08. The van der Waals surface area contributed by atoms with Gasteiger partial charge in [-0.2, -0.15) is 0 Å². The first-order valence-corrected chi connectivity index (χ1v) is 18.1. The summed E-state index contributed by atoms with van der Waals surface area (Å²) < 4.78 is 3.53. The second-order valence-electron chi connectivity index (χ2n) is 12.2. The zero-order valence-electron chi connectivity index (χ0n) is 26.6. The third-order valence-electron chi connectivity index (χ3n) is 9.14. The van der Waals surface area contributed by atoms with Gasteiger partial charge in [0, 0.05) is 36.9 Å². The highest BCUT2D eigenvalue weighted by Crippen LogP contribution is 2.46. The van der Waals surface area contributed by atoms with Crippen molar-refractivity contribution in [3.05, 3.63) is 158 Å². The predicted molar refractivity (Wildman–Crippen MR) is 211 cm³/mol. The first-order chi connectivity index (χ1) is 24.8. The van der Waals surface area contributed by atoms with Gasteiger partial charge in [-0.1, -0.05) is 133 Å². The summed E-state index contributed by atoms with van der Waals surface area (Å²) in [6.45, 7) is 0. The molecule has 0 saturated heterocycles. The molecule has 0 aliphatic rings. The summed E-state index contributed by atoms with van der Waals surface area (Å²) in [6.07, 6.45) is 0. The Kier molecular flexibility index (Phi) is 6.82. The fraction of sp³-hybridized carbons (Fsp3) is 0. The van der Waals surface area contributed by atoms with Crippen LogP contribution in [0.3, 0.4) is 0 Å². The van der Waals surface area contributed by atoms with Gasteiger partial charge in [0.2, 0.25) is 0 Å². The molecule has 7 aromatic carbocycles. The van der Waals surface area contributed by atoms with E-state index in [4.69, 9.17) is 19.9 Å². The van der Waals surface area contributed by atoms with Crippen molar-refractivity contribution >= 4 is 63.8 Å². The SMILES string of the molecule is c1ccc(-c2nc(-c3cc(-c4ccccc4)c4ccccc4c3)nc(-c3c4nc(-c5ccccc5)sc4cc4sc5ccccc5c34)n2)cc1. The third-order valence-corrected chi connectivity index (χ3v) is 11.3. The smallest absolute Gasteiger partial charge is 0.167 e. The van der Waals surface area contributed by atoms with Crippen LogP contribution in [0.2, 0.25) is 0 Å². The second-order valence-corrected chi connectivity index (χ2v) is 14.4. The lowest BCUT2D eigenvalue weighted by Gasteiger charge is -2.13. The third kappa shape index (κ3) is 4.88. The normalized spacial score (nSPS) is 11.6. The van der Waals surface area contributed by atoms with E-state index in [1.807, 2.05) is 24.3 Å². The first kappa shape index (κ1) is 28.9. The van der Waals surface area contributed by atoms with Crippen molar-refractivity contribution in [3.8, 4) is 55.9 Å². The topological polar surface area (TPSA) is 51.6 Å². The van der Waals surface area contributed by atoms with Crippen molar-refractivity contribution < 1.29 is 0 Å². The van der Waals surface area contributed by atoms with Crippen LogP contribution in [0.5, 0.6) is 0 Å². The van der Waals surface area contributed by atoms with Crippen LogP contribution in [0.25, 0.3) is 97.0 Å². The zero-order valence-corrected chi connectivity index (χ0v) is 28.2. The summed E-state index contributed by atoms with van der Waals surface area (Å²) in [5.74, 6) is 1.87. The van der Waals surface area contributed by atoms with Gasteiger partial charge in [0.15, 0.2) is 17.5 Å². The van der Waals surface area contributed by atoms with E-state index in [0.717, 1.165) is 59.4 Å². The van der Waals surface area contributed by atoms with Crippen LogP contribution in [0.15, 0.2) is 158 Å². The van der Waals surface area contributed by atoms with Crippen molar-refractivity contribution in [1.82, 2.24) is 19.9 Å². The minimum absolute atomic E-state index is 0.618. The van der Waals surface area contributed by atoms with Gasteiger partial charge in [-0.3, -0.25) is 0 Å². The molecule has 0 unspecified atom stereocenters. The van der Waals surface area contributed by atoms with Gasteiger partial charge >= 0.3 is 0 Å². The molecule has 3 aromatic heterocycles. The molecular formula is C44H26N4S2. The second kappa shape index (κ2) is 11.8. The molecule has 0 spiro atoms. The number of thiophene rings is 1. The van der Waals surface area contributed by atoms with Gasteiger partial charge in [-0.05, 0) is 46.2 Å². The maximum absolute atomic E-state index is 5.36. The van der Waals surface area contributed by atoms with Crippen molar-refractivity contribution in [2.75, 3.05) is 0 Å². The Morgan fingerprint density at radius 1 is 0.380 bits per heavy atom. The lowest BCUT2D eigenvalue weighted by atomic mass is 9.95. The maximum Gasteiger partial charge on any atom is 0.167 e. The number of aromatic nitrogens is 4. The molecule has 0 radical (unpaired) electrons. The minimum atomic E-state index is 0.618. The van der Waals surface area contributed by atoms with Gasteiger partial charge in [0.1, 0.15) is 5.01 Å². The molecular weight excluding hydrogens is 649 g/mol. The fourth-order valence-electron chi connectivity index (χ4n) is 6.82. The Bertz CT molecular complexity index is 2860. The standard InChI is InChI=1S/C44H26N4S2/c1-4-14-27(15-5-1)34-25-31(24-30-20-10-11-21-32(30)34)42-46-41(28-16-6-2-7-17-28)47-43(48-42)39-38-33-22-12-13-23-35(33)49-36(38)26-37-40(39)45-44(50-37)29-18-8-3-9-19-29/h1-26H. The molecule has 0 fully saturated rings. The average molecular weight is 675 g/mol. The van der Waals surface area contributed by atoms with E-state index in [9.17, 15) is 0 Å². The molecule has 0 amide bonds. The van der Waals surface area contributed by atoms with Crippen LogP contribution in [0, 0.1) is 0 Å². The first-order valence-electron chi connectivity index (χ1n) is 16.5. The molecule has 10 aromatic rings. The van der Waals surface area contributed by atoms with E-state index in [-0.39, 0.29) is 0 Å². The lowest BCUT2D eigenvalue weighted by Crippen LogP contribution is -2.01. The van der Waals surface area contributed by atoms with E-state index >= 15 is 0 Å². The molecule has 234 valence electrons. The monoisotopic (exact) mass is 674 g/mol. The number of hydrogen-bond donors (Lipinski definition) is 0. The highest BCUT2D eigenvalue weighted by molar-refractivity contribution is 7.27. The maximum atomic E-state index is 5.36. The summed E-state index contributed by atoms with van der Waals surface area (Å²) in [5.41, 5.74) is 7.10. The number of benzene rings is 7. The van der Waals surface area contributed by atoms with Gasteiger partial charge in [-0.15, -0.1) is 22.7 Å². The molecule has 50 heavy (non-hydrogen) atoms. The number of rotatable bonds is 5. The molecule has 0 aliphatic carbocycles. The summed E-state index contributed by atoms with van der Waals surface area (Å²) in [6, 6.07) is 55.0. The van der Waals surface area contributed by atoms with Crippen molar-refractivity contribution in [3.63, 3.8) is 0 Å². The molecule has 0 bridgehead atoms. The van der Waals surface area contributed by atoms with Gasteiger partial charge in [-0.25, -0.2) is 19.9 Å². The Morgan fingerprint density at radius 3 is 1.74 bits per heavy atom. The minimum Gasteiger partial charge on any atom is -0.235 e. The molecule has 0 aliphatic heterocycles. The quantitative estimate of drug-likeness (QED) is 0.182. The summed E-state index contributed by atoms with van der Waals surface area (Å²) >= 11 is 3.51. The summed E-state index contributed by atoms with van der Waals surface area (Å²) in [4.78, 5) is 21.1. The molecule has 0 atom stereocenters. The van der Waals surface area contributed by atoms with Crippen LogP contribution in [0.4, 0.5) is 0 Å². The van der Waals surface area contributed by atoms with Crippen molar-refractivity contribution in [2.45, 2.75) is 0 Å². The van der Waals surface area contributed by atoms with Crippen LogP contribution >= 0.6 is 22.7 Å². The number of nitrogens with zero attached hydrogens (tertiary/aromatic N) is 4. The fourth-order valence-corrected chi connectivity index (χ4v) is 9.07. The van der Waals surface area contributed by atoms with E-state index < -0.39 is 0 Å². The van der Waals surface area contributed by atoms with E-state index in [1.165, 1.54) is 20.2 Å². The molecule has 6 heteroatoms. The zero-order chi connectivity index (χ0) is 33.0. The molecule has 3 heterocycles.